The van der Waals surface area contributed by atoms with E-state index in [2.05, 4.69) is 20.8 Å². The molecule has 0 N–H and O–H groups in total. The van der Waals surface area contributed by atoms with Gasteiger partial charge in [-0.25, -0.2) is 0 Å². The molecule has 11 heavy (non-hydrogen) atoms. The van der Waals surface area contributed by atoms with Crippen LogP contribution in [0.1, 0.15) is 20.8 Å². The van der Waals surface area contributed by atoms with Gasteiger partial charge in [-0.15, -0.1) is 0 Å². The zero-order valence-corrected chi connectivity index (χ0v) is 8.15. The standard InChI is InChI=1S/C8H15NOS/c1-7-4-9(6-10)8(2,3)5-11-7/h6-7H,4-5H2,1-3H3. The van der Waals surface area contributed by atoms with Crippen LogP contribution >= 0.6 is 11.8 Å². The van der Waals surface area contributed by atoms with Crippen molar-refractivity contribution in [2.75, 3.05) is 12.3 Å². The van der Waals surface area contributed by atoms with E-state index >= 15 is 0 Å². The molecule has 1 fully saturated rings. The summed E-state index contributed by atoms with van der Waals surface area (Å²) in [6.45, 7) is 7.28. The topological polar surface area (TPSA) is 20.3 Å². The maximum atomic E-state index is 10.6. The number of hydrogen-bond donors (Lipinski definition) is 0. The van der Waals surface area contributed by atoms with Crippen LogP contribution in [-0.2, 0) is 4.79 Å². The van der Waals surface area contributed by atoms with Gasteiger partial charge in [-0.05, 0) is 13.8 Å². The lowest BCUT2D eigenvalue weighted by atomic mass is 10.1. The summed E-state index contributed by atoms with van der Waals surface area (Å²) in [5.74, 6) is 1.05. The van der Waals surface area contributed by atoms with Crippen LogP contribution in [0.15, 0.2) is 0 Å². The van der Waals surface area contributed by atoms with Crippen LogP contribution in [0.2, 0.25) is 0 Å². The summed E-state index contributed by atoms with van der Waals surface area (Å²) in [6, 6.07) is 0. The van der Waals surface area contributed by atoms with Gasteiger partial charge in [0.05, 0.1) is 0 Å². The molecule has 1 unspecified atom stereocenters. The highest BCUT2D eigenvalue weighted by atomic mass is 32.2. The molecule has 0 spiro atoms. The van der Waals surface area contributed by atoms with Crippen molar-refractivity contribution < 1.29 is 4.79 Å². The van der Waals surface area contributed by atoms with Crippen molar-refractivity contribution in [3.8, 4) is 0 Å². The molecule has 0 aliphatic carbocycles. The molecule has 2 nitrogen and oxygen atoms in total. The highest BCUT2D eigenvalue weighted by Crippen LogP contribution is 2.28. The number of hydrogen-bond acceptors (Lipinski definition) is 2. The highest BCUT2D eigenvalue weighted by Gasteiger charge is 2.31. The number of nitrogens with zero attached hydrogens (tertiary/aromatic N) is 1. The molecule has 0 aromatic heterocycles. The fourth-order valence-electron chi connectivity index (χ4n) is 1.19. The first-order chi connectivity index (χ1) is 5.06. The summed E-state index contributed by atoms with van der Waals surface area (Å²) >= 11 is 1.94. The van der Waals surface area contributed by atoms with Gasteiger partial charge in [-0.2, -0.15) is 11.8 Å². The van der Waals surface area contributed by atoms with Crippen molar-refractivity contribution in [2.45, 2.75) is 31.6 Å². The Kier molecular flexibility index (Phi) is 2.47. The van der Waals surface area contributed by atoms with E-state index in [1.165, 1.54) is 0 Å². The van der Waals surface area contributed by atoms with Crippen LogP contribution in [0.5, 0.6) is 0 Å². The molecule has 1 rings (SSSR count). The Morgan fingerprint density at radius 1 is 1.64 bits per heavy atom. The quantitative estimate of drug-likeness (QED) is 0.558. The predicted octanol–water partition coefficient (Wildman–Crippen LogP) is 1.36. The third-order valence-electron chi connectivity index (χ3n) is 2.08. The van der Waals surface area contributed by atoms with E-state index in [-0.39, 0.29) is 5.54 Å². The van der Waals surface area contributed by atoms with E-state index in [0.29, 0.717) is 5.25 Å². The van der Waals surface area contributed by atoms with E-state index in [1.807, 2.05) is 16.7 Å². The van der Waals surface area contributed by atoms with Gasteiger partial charge in [-0.3, -0.25) is 4.79 Å². The molecule has 3 heteroatoms. The van der Waals surface area contributed by atoms with E-state index < -0.39 is 0 Å². The van der Waals surface area contributed by atoms with Crippen LogP contribution in [0.3, 0.4) is 0 Å². The minimum absolute atomic E-state index is 0.0545. The molecule has 1 atom stereocenters. The molecule has 0 saturated carbocycles. The van der Waals surface area contributed by atoms with Crippen LogP contribution in [0, 0.1) is 0 Å². The number of thioether (sulfide) groups is 1. The maximum Gasteiger partial charge on any atom is 0.210 e. The third kappa shape index (κ3) is 1.89. The van der Waals surface area contributed by atoms with Crippen LogP contribution in [-0.4, -0.2) is 34.4 Å². The first kappa shape index (κ1) is 8.91. The molecule has 0 radical (unpaired) electrons. The molecule has 0 aromatic rings. The largest absolute Gasteiger partial charge is 0.338 e. The number of carbonyl (C=O) groups is 1. The summed E-state index contributed by atoms with van der Waals surface area (Å²) in [5, 5.41) is 0.591. The lowest BCUT2D eigenvalue weighted by Crippen LogP contribution is -2.51. The lowest BCUT2D eigenvalue weighted by molar-refractivity contribution is -0.122. The van der Waals surface area contributed by atoms with Crippen molar-refractivity contribution in [3.63, 3.8) is 0 Å². The lowest BCUT2D eigenvalue weighted by Gasteiger charge is -2.42. The number of amides is 1. The fourth-order valence-corrected chi connectivity index (χ4v) is 2.32. The van der Waals surface area contributed by atoms with Gasteiger partial charge in [0.15, 0.2) is 0 Å². The van der Waals surface area contributed by atoms with Crippen LogP contribution in [0.25, 0.3) is 0 Å². The minimum Gasteiger partial charge on any atom is -0.338 e. The normalized spacial score (nSPS) is 30.1. The Morgan fingerprint density at radius 3 is 2.73 bits per heavy atom. The second-order valence-electron chi connectivity index (χ2n) is 3.69. The SMILES string of the molecule is CC1CN(C=O)C(C)(C)CS1. The summed E-state index contributed by atoms with van der Waals surface area (Å²) in [5.41, 5.74) is 0.0545. The van der Waals surface area contributed by atoms with Crippen molar-refractivity contribution in [3.05, 3.63) is 0 Å². The van der Waals surface area contributed by atoms with Gasteiger partial charge in [0.2, 0.25) is 6.41 Å². The average Bonchev–Trinajstić information content (AvgIpc) is 1.94. The molecule has 1 amide bonds. The molecular weight excluding hydrogens is 158 g/mol. The van der Waals surface area contributed by atoms with Crippen molar-refractivity contribution in [2.24, 2.45) is 0 Å². The Bertz CT molecular complexity index is 158. The summed E-state index contributed by atoms with van der Waals surface area (Å²) in [6.07, 6.45) is 0.968. The zero-order chi connectivity index (χ0) is 8.48. The van der Waals surface area contributed by atoms with Crippen molar-refractivity contribution >= 4 is 18.2 Å². The first-order valence-electron chi connectivity index (χ1n) is 3.90. The van der Waals surface area contributed by atoms with Crippen molar-refractivity contribution in [1.29, 1.82) is 0 Å². The van der Waals surface area contributed by atoms with Crippen molar-refractivity contribution in [1.82, 2.24) is 4.90 Å². The minimum atomic E-state index is 0.0545. The molecule has 0 aromatic carbocycles. The highest BCUT2D eigenvalue weighted by molar-refractivity contribution is 8.00. The first-order valence-corrected chi connectivity index (χ1v) is 4.95. The molecular formula is C8H15NOS. The Labute approximate surface area is 72.3 Å². The van der Waals surface area contributed by atoms with E-state index in [9.17, 15) is 4.79 Å². The molecule has 1 aliphatic rings. The monoisotopic (exact) mass is 173 g/mol. The second kappa shape index (κ2) is 3.05. The smallest absolute Gasteiger partial charge is 0.210 e. The predicted molar refractivity (Wildman–Crippen MR) is 48.8 cm³/mol. The van der Waals surface area contributed by atoms with E-state index in [4.69, 9.17) is 0 Å². The number of carbonyl (C=O) groups excluding carboxylic acids is 1. The zero-order valence-electron chi connectivity index (χ0n) is 7.33. The molecule has 1 saturated heterocycles. The van der Waals surface area contributed by atoms with Gasteiger partial charge in [-0.1, -0.05) is 6.92 Å². The summed E-state index contributed by atoms with van der Waals surface area (Å²) in [4.78, 5) is 12.5. The average molecular weight is 173 g/mol. The van der Waals surface area contributed by atoms with E-state index in [1.54, 1.807) is 0 Å². The van der Waals surface area contributed by atoms with Gasteiger partial charge in [0.1, 0.15) is 0 Å². The molecule has 1 aliphatic heterocycles. The number of rotatable bonds is 1. The second-order valence-corrected chi connectivity index (χ2v) is 5.12. The fraction of sp³-hybridized carbons (Fsp3) is 0.875. The Hall–Kier alpha value is -0.180. The molecule has 0 bridgehead atoms. The molecule has 1 heterocycles. The van der Waals surface area contributed by atoms with Crippen LogP contribution in [0.4, 0.5) is 0 Å². The van der Waals surface area contributed by atoms with Gasteiger partial charge in [0.25, 0.3) is 0 Å². The summed E-state index contributed by atoms with van der Waals surface area (Å²) in [7, 11) is 0. The van der Waals surface area contributed by atoms with Gasteiger partial charge >= 0.3 is 0 Å². The Morgan fingerprint density at radius 2 is 2.27 bits per heavy atom. The van der Waals surface area contributed by atoms with Crippen LogP contribution < -0.4 is 0 Å². The Balaban J connectivity index is 2.63. The van der Waals surface area contributed by atoms with E-state index in [0.717, 1.165) is 18.7 Å². The van der Waals surface area contributed by atoms with Gasteiger partial charge < -0.3 is 4.90 Å². The summed E-state index contributed by atoms with van der Waals surface area (Å²) < 4.78 is 0. The molecule has 64 valence electrons. The van der Waals surface area contributed by atoms with Gasteiger partial charge in [0, 0.05) is 23.1 Å². The third-order valence-corrected chi connectivity index (χ3v) is 3.67. The maximum absolute atomic E-state index is 10.6.